The molecule has 0 fully saturated rings. The van der Waals surface area contributed by atoms with Crippen LogP contribution in [-0.4, -0.2) is 15.9 Å². The summed E-state index contributed by atoms with van der Waals surface area (Å²) >= 11 is 0. The lowest BCUT2D eigenvalue weighted by Crippen LogP contribution is -2.11. The molecule has 5 nitrogen and oxygen atoms in total. The first-order valence-corrected chi connectivity index (χ1v) is 5.38. The number of carbonyl (C=O) groups is 1. The van der Waals surface area contributed by atoms with Gasteiger partial charge in [-0.2, -0.15) is 0 Å². The van der Waals surface area contributed by atoms with Gasteiger partial charge in [-0.05, 0) is 24.3 Å². The Morgan fingerprint density at radius 3 is 2.72 bits per heavy atom. The molecule has 88 valence electrons. The van der Waals surface area contributed by atoms with Gasteiger partial charge >= 0.3 is 0 Å². The Morgan fingerprint density at radius 1 is 1.11 bits per heavy atom. The Labute approximate surface area is 102 Å². The molecule has 0 radical (unpaired) electrons. The van der Waals surface area contributed by atoms with E-state index in [0.717, 1.165) is 5.52 Å². The monoisotopic (exact) mass is 239 g/mol. The summed E-state index contributed by atoms with van der Waals surface area (Å²) in [5.41, 5.74) is 1.95. The first kappa shape index (κ1) is 10.5. The highest BCUT2D eigenvalue weighted by Gasteiger charge is 2.08. The highest BCUT2D eigenvalue weighted by molar-refractivity contribution is 6.05. The van der Waals surface area contributed by atoms with E-state index >= 15 is 0 Å². The molecule has 0 saturated carbocycles. The third kappa shape index (κ3) is 1.93. The Bertz CT molecular complexity index is 692. The van der Waals surface area contributed by atoms with Crippen molar-refractivity contribution in [1.29, 1.82) is 0 Å². The van der Waals surface area contributed by atoms with Gasteiger partial charge in [-0.3, -0.25) is 20.1 Å². The van der Waals surface area contributed by atoms with E-state index in [1.54, 1.807) is 42.7 Å². The number of rotatable bonds is 2. The second-order valence-corrected chi connectivity index (χ2v) is 3.69. The van der Waals surface area contributed by atoms with Gasteiger partial charge in [0.1, 0.15) is 0 Å². The van der Waals surface area contributed by atoms with Crippen LogP contribution in [0, 0.1) is 0 Å². The molecule has 0 saturated heterocycles. The number of nitrogens with zero attached hydrogens (tertiary/aromatic N) is 2. The summed E-state index contributed by atoms with van der Waals surface area (Å²) in [6.07, 6.45) is 4.71. The minimum absolute atomic E-state index is 0.238. The van der Waals surface area contributed by atoms with Crippen molar-refractivity contribution in [3.8, 4) is 0 Å². The summed E-state index contributed by atoms with van der Waals surface area (Å²) in [4.78, 5) is 20.2. The number of anilines is 1. The van der Waals surface area contributed by atoms with E-state index in [1.807, 2.05) is 0 Å². The number of fused-ring (bicyclic) bond motifs is 1. The molecule has 0 atom stereocenters. The molecule has 2 aromatic heterocycles. The van der Waals surface area contributed by atoms with Crippen LogP contribution in [0.2, 0.25) is 0 Å². The van der Waals surface area contributed by atoms with Crippen molar-refractivity contribution in [3.05, 3.63) is 54.6 Å². The zero-order valence-electron chi connectivity index (χ0n) is 9.33. The minimum Gasteiger partial charge on any atom is -0.449 e. The lowest BCUT2D eigenvalue weighted by Gasteiger charge is -2.02. The fourth-order valence-corrected chi connectivity index (χ4v) is 1.64. The van der Waals surface area contributed by atoms with Gasteiger partial charge in [0.15, 0.2) is 5.88 Å². The fourth-order valence-electron chi connectivity index (χ4n) is 1.64. The number of amides is 1. The van der Waals surface area contributed by atoms with Crippen molar-refractivity contribution < 1.29 is 9.21 Å². The first-order chi connectivity index (χ1) is 8.83. The molecular formula is C13H9N3O2. The highest BCUT2D eigenvalue weighted by Crippen LogP contribution is 2.13. The molecule has 0 unspecified atom stereocenters. The highest BCUT2D eigenvalue weighted by atomic mass is 16.3. The minimum atomic E-state index is -0.238. The van der Waals surface area contributed by atoms with E-state index in [2.05, 4.69) is 15.3 Å². The SMILES string of the molecule is O=C(Nc1ccco1)c1ccc2nccnc2c1. The smallest absolute Gasteiger partial charge is 0.258 e. The molecule has 2 heterocycles. The van der Waals surface area contributed by atoms with E-state index in [-0.39, 0.29) is 5.91 Å². The number of benzene rings is 1. The Morgan fingerprint density at radius 2 is 1.94 bits per heavy atom. The van der Waals surface area contributed by atoms with Crippen LogP contribution in [0.25, 0.3) is 11.0 Å². The number of aromatic nitrogens is 2. The van der Waals surface area contributed by atoms with Crippen molar-refractivity contribution in [2.24, 2.45) is 0 Å². The topological polar surface area (TPSA) is 68.0 Å². The average molecular weight is 239 g/mol. The standard InChI is InChI=1S/C13H9N3O2/c17-13(16-12-2-1-7-18-12)9-3-4-10-11(8-9)15-6-5-14-10/h1-8H,(H,16,17). The van der Waals surface area contributed by atoms with Crippen molar-refractivity contribution in [2.75, 3.05) is 5.32 Å². The van der Waals surface area contributed by atoms with Crippen LogP contribution < -0.4 is 5.32 Å². The first-order valence-electron chi connectivity index (χ1n) is 5.38. The van der Waals surface area contributed by atoms with E-state index in [0.29, 0.717) is 17.0 Å². The lowest BCUT2D eigenvalue weighted by molar-refractivity contribution is 0.102. The van der Waals surface area contributed by atoms with Gasteiger partial charge in [0.25, 0.3) is 5.91 Å². The summed E-state index contributed by atoms with van der Waals surface area (Å²) in [5, 5.41) is 2.65. The molecule has 3 aromatic rings. The van der Waals surface area contributed by atoms with Crippen LogP contribution in [0.5, 0.6) is 0 Å². The van der Waals surface area contributed by atoms with Gasteiger partial charge in [0.05, 0.1) is 17.3 Å². The quantitative estimate of drug-likeness (QED) is 0.745. The Hall–Kier alpha value is -2.69. The fraction of sp³-hybridized carbons (Fsp3) is 0. The van der Waals surface area contributed by atoms with E-state index < -0.39 is 0 Å². The summed E-state index contributed by atoms with van der Waals surface area (Å²) in [5.74, 6) is 0.178. The van der Waals surface area contributed by atoms with Crippen LogP contribution in [0.4, 0.5) is 5.88 Å². The van der Waals surface area contributed by atoms with Crippen LogP contribution >= 0.6 is 0 Å². The third-order valence-corrected chi connectivity index (χ3v) is 2.49. The lowest BCUT2D eigenvalue weighted by atomic mass is 10.2. The second kappa shape index (κ2) is 4.29. The molecule has 1 amide bonds. The summed E-state index contributed by atoms with van der Waals surface area (Å²) < 4.78 is 5.05. The number of furan rings is 1. The summed E-state index contributed by atoms with van der Waals surface area (Å²) in [6.45, 7) is 0. The van der Waals surface area contributed by atoms with Crippen LogP contribution in [0.3, 0.4) is 0 Å². The normalized spacial score (nSPS) is 10.4. The maximum absolute atomic E-state index is 11.9. The molecular weight excluding hydrogens is 230 g/mol. The van der Waals surface area contributed by atoms with Crippen LogP contribution in [0.15, 0.2) is 53.4 Å². The molecule has 0 aliphatic carbocycles. The number of carbonyl (C=O) groups excluding carboxylic acids is 1. The summed E-state index contributed by atoms with van der Waals surface area (Å²) in [7, 11) is 0. The predicted molar refractivity (Wildman–Crippen MR) is 66.2 cm³/mol. The summed E-state index contributed by atoms with van der Waals surface area (Å²) in [6, 6.07) is 8.55. The van der Waals surface area contributed by atoms with Gasteiger partial charge in [-0.25, -0.2) is 0 Å². The molecule has 0 bridgehead atoms. The van der Waals surface area contributed by atoms with Crippen LogP contribution in [-0.2, 0) is 0 Å². The van der Waals surface area contributed by atoms with E-state index in [1.165, 1.54) is 6.26 Å². The maximum Gasteiger partial charge on any atom is 0.258 e. The molecule has 1 aromatic carbocycles. The molecule has 5 heteroatoms. The molecule has 1 N–H and O–H groups in total. The third-order valence-electron chi connectivity index (χ3n) is 2.49. The molecule has 0 aliphatic rings. The van der Waals surface area contributed by atoms with Gasteiger partial charge in [0, 0.05) is 24.0 Å². The zero-order valence-corrected chi connectivity index (χ0v) is 9.33. The van der Waals surface area contributed by atoms with Crippen molar-refractivity contribution in [3.63, 3.8) is 0 Å². The van der Waals surface area contributed by atoms with Crippen LogP contribution in [0.1, 0.15) is 10.4 Å². The maximum atomic E-state index is 11.9. The van der Waals surface area contributed by atoms with Gasteiger partial charge in [-0.1, -0.05) is 0 Å². The largest absolute Gasteiger partial charge is 0.449 e. The molecule has 3 rings (SSSR count). The van der Waals surface area contributed by atoms with Gasteiger partial charge in [0.2, 0.25) is 0 Å². The van der Waals surface area contributed by atoms with Gasteiger partial charge in [-0.15, -0.1) is 0 Å². The van der Waals surface area contributed by atoms with Crippen molar-refractivity contribution in [2.45, 2.75) is 0 Å². The van der Waals surface area contributed by atoms with E-state index in [4.69, 9.17) is 4.42 Å². The van der Waals surface area contributed by atoms with Crippen molar-refractivity contribution >= 4 is 22.8 Å². The number of hydrogen-bond acceptors (Lipinski definition) is 4. The molecule has 18 heavy (non-hydrogen) atoms. The Balaban J connectivity index is 1.92. The predicted octanol–water partition coefficient (Wildman–Crippen LogP) is 2.48. The van der Waals surface area contributed by atoms with Crippen molar-refractivity contribution in [1.82, 2.24) is 9.97 Å². The van der Waals surface area contributed by atoms with E-state index in [9.17, 15) is 4.79 Å². The Kier molecular flexibility index (Phi) is 2.49. The number of nitrogens with one attached hydrogen (secondary N) is 1. The van der Waals surface area contributed by atoms with Gasteiger partial charge < -0.3 is 4.42 Å². The average Bonchev–Trinajstić information content (AvgIpc) is 2.91. The zero-order chi connectivity index (χ0) is 12.4. The molecule has 0 aliphatic heterocycles. The second-order valence-electron chi connectivity index (χ2n) is 3.69. The molecule has 0 spiro atoms. The number of hydrogen-bond donors (Lipinski definition) is 1.